The number of thiophene rings is 1. The zero-order valence-electron chi connectivity index (χ0n) is 15.4. The number of carbonyl (C=O) groups excluding carboxylic acids is 3. The largest absolute Gasteiger partial charge is 0.456 e. The van der Waals surface area contributed by atoms with E-state index in [0.29, 0.717) is 15.5 Å². The Bertz CT molecular complexity index is 1070. The van der Waals surface area contributed by atoms with Gasteiger partial charge in [0.1, 0.15) is 11.4 Å². The molecular weight excluding hydrogens is 398 g/mol. The zero-order chi connectivity index (χ0) is 20.3. The van der Waals surface area contributed by atoms with E-state index in [0.717, 1.165) is 21.2 Å². The molecule has 3 rings (SSSR count). The number of ether oxygens (including phenoxy) is 1. The molecule has 28 heavy (non-hydrogen) atoms. The Hall–Kier alpha value is -2.70. The van der Waals surface area contributed by atoms with Crippen LogP contribution in [0.2, 0.25) is 5.02 Å². The van der Waals surface area contributed by atoms with Crippen molar-refractivity contribution in [2.24, 2.45) is 0 Å². The predicted molar refractivity (Wildman–Crippen MR) is 110 cm³/mol. The van der Waals surface area contributed by atoms with Gasteiger partial charge in [0, 0.05) is 15.6 Å². The number of Topliss-reactive ketones (excluding diaryl/α,β-unsaturated/α-hetero) is 1. The molecule has 0 aliphatic rings. The Morgan fingerprint density at radius 2 is 1.86 bits per heavy atom. The molecule has 0 spiro atoms. The van der Waals surface area contributed by atoms with Gasteiger partial charge in [-0.15, -0.1) is 11.3 Å². The number of hydrogen-bond acceptors (Lipinski definition) is 5. The van der Waals surface area contributed by atoms with Crippen molar-refractivity contribution in [3.05, 3.63) is 69.1 Å². The number of amides is 1. The van der Waals surface area contributed by atoms with E-state index >= 15 is 0 Å². The fourth-order valence-corrected chi connectivity index (χ4v) is 4.14. The first kappa shape index (κ1) is 20.0. The summed E-state index contributed by atoms with van der Waals surface area (Å²) in [7, 11) is 0. The molecule has 0 atom stereocenters. The van der Waals surface area contributed by atoms with Crippen LogP contribution in [0, 0.1) is 13.8 Å². The number of nitrogens with one attached hydrogen (secondary N) is 1. The molecular formula is C21H18ClNO4S. The summed E-state index contributed by atoms with van der Waals surface area (Å²) >= 11 is 7.51. The Morgan fingerprint density at radius 3 is 2.61 bits per heavy atom. The first-order valence-electron chi connectivity index (χ1n) is 8.58. The van der Waals surface area contributed by atoms with E-state index in [1.54, 1.807) is 6.07 Å². The fraction of sp³-hybridized carbons (Fsp3) is 0.190. The molecule has 0 aliphatic heterocycles. The number of fused-ring (bicyclic) bond motifs is 1. The minimum Gasteiger partial charge on any atom is -0.456 e. The third-order valence-corrected chi connectivity index (χ3v) is 5.87. The second kappa shape index (κ2) is 8.54. The third kappa shape index (κ3) is 4.40. The smallest absolute Gasteiger partial charge is 0.325 e. The van der Waals surface area contributed by atoms with E-state index in [1.165, 1.54) is 11.3 Å². The van der Waals surface area contributed by atoms with Crippen LogP contribution < -0.4 is 5.32 Å². The highest BCUT2D eigenvalue weighted by molar-refractivity contribution is 7.21. The molecule has 0 radical (unpaired) electrons. The van der Waals surface area contributed by atoms with Crippen molar-refractivity contribution in [1.29, 1.82) is 0 Å². The number of carbonyl (C=O) groups is 3. The quantitative estimate of drug-likeness (QED) is 0.480. The summed E-state index contributed by atoms with van der Waals surface area (Å²) in [5, 5.41) is 3.64. The van der Waals surface area contributed by atoms with Crippen LogP contribution in [0.1, 0.15) is 31.2 Å². The molecule has 0 unspecified atom stereocenters. The highest BCUT2D eigenvalue weighted by atomic mass is 35.5. The van der Waals surface area contributed by atoms with E-state index in [4.69, 9.17) is 16.3 Å². The van der Waals surface area contributed by atoms with Crippen molar-refractivity contribution in [1.82, 2.24) is 5.32 Å². The van der Waals surface area contributed by atoms with Gasteiger partial charge in [-0.05, 0) is 31.5 Å². The third-order valence-electron chi connectivity index (χ3n) is 4.19. The lowest BCUT2D eigenvalue weighted by atomic mass is 10.0. The lowest BCUT2D eigenvalue weighted by Gasteiger charge is -2.08. The van der Waals surface area contributed by atoms with Gasteiger partial charge in [0.25, 0.3) is 5.91 Å². The molecule has 144 valence electrons. The topological polar surface area (TPSA) is 72.5 Å². The molecule has 0 saturated heterocycles. The average Bonchev–Trinajstić information content (AvgIpc) is 3.03. The Balaban J connectivity index is 1.55. The van der Waals surface area contributed by atoms with Gasteiger partial charge >= 0.3 is 5.97 Å². The first-order chi connectivity index (χ1) is 13.4. The average molecular weight is 416 g/mol. The molecule has 0 saturated carbocycles. The van der Waals surface area contributed by atoms with Gasteiger partial charge < -0.3 is 10.1 Å². The molecule has 3 aromatic rings. The summed E-state index contributed by atoms with van der Waals surface area (Å²) in [6.45, 7) is 2.99. The zero-order valence-corrected chi connectivity index (χ0v) is 16.9. The highest BCUT2D eigenvalue weighted by Gasteiger charge is 2.18. The van der Waals surface area contributed by atoms with Crippen molar-refractivity contribution in [3.63, 3.8) is 0 Å². The van der Waals surface area contributed by atoms with Crippen LogP contribution in [0.5, 0.6) is 0 Å². The fourth-order valence-electron chi connectivity index (χ4n) is 2.70. The van der Waals surface area contributed by atoms with E-state index in [9.17, 15) is 14.4 Å². The van der Waals surface area contributed by atoms with Crippen molar-refractivity contribution >= 4 is 50.7 Å². The lowest BCUT2D eigenvalue weighted by molar-refractivity contribution is -0.141. The second-order valence-electron chi connectivity index (χ2n) is 6.33. The van der Waals surface area contributed by atoms with Crippen molar-refractivity contribution < 1.29 is 19.1 Å². The van der Waals surface area contributed by atoms with Crippen molar-refractivity contribution in [2.45, 2.75) is 13.8 Å². The molecule has 0 aliphatic carbocycles. The number of hydrogen-bond donors (Lipinski definition) is 1. The molecule has 2 aromatic carbocycles. The number of ketones is 1. The van der Waals surface area contributed by atoms with Crippen molar-refractivity contribution in [3.8, 4) is 0 Å². The Labute approximate surface area is 171 Å². The molecule has 1 amide bonds. The number of rotatable bonds is 6. The van der Waals surface area contributed by atoms with Crippen LogP contribution >= 0.6 is 22.9 Å². The summed E-state index contributed by atoms with van der Waals surface area (Å²) in [5.74, 6) is -1.43. The van der Waals surface area contributed by atoms with Crippen LogP contribution in [0.15, 0.2) is 42.5 Å². The summed E-state index contributed by atoms with van der Waals surface area (Å²) in [4.78, 5) is 36.8. The number of aryl methyl sites for hydroxylation is 2. The Kier molecular flexibility index (Phi) is 6.11. The molecule has 1 N–H and O–H groups in total. The van der Waals surface area contributed by atoms with Crippen LogP contribution in [0.4, 0.5) is 0 Å². The highest BCUT2D eigenvalue weighted by Crippen LogP contribution is 2.34. The molecule has 5 nitrogen and oxygen atoms in total. The van der Waals surface area contributed by atoms with Crippen LogP contribution in [-0.2, 0) is 9.53 Å². The maximum Gasteiger partial charge on any atom is 0.325 e. The summed E-state index contributed by atoms with van der Waals surface area (Å²) in [6.07, 6.45) is 0. The second-order valence-corrected chi connectivity index (χ2v) is 7.76. The van der Waals surface area contributed by atoms with Gasteiger partial charge in [0.05, 0.1) is 5.02 Å². The van der Waals surface area contributed by atoms with E-state index < -0.39 is 11.9 Å². The van der Waals surface area contributed by atoms with Crippen LogP contribution in [0.25, 0.3) is 10.1 Å². The Morgan fingerprint density at radius 1 is 1.11 bits per heavy atom. The monoisotopic (exact) mass is 415 g/mol. The van der Waals surface area contributed by atoms with E-state index in [1.807, 2.05) is 50.2 Å². The number of halogens is 1. The molecule has 7 heteroatoms. The maximum absolute atomic E-state index is 12.3. The summed E-state index contributed by atoms with van der Waals surface area (Å²) in [6, 6.07) is 12.9. The summed E-state index contributed by atoms with van der Waals surface area (Å²) in [5.41, 5.74) is 2.29. The molecule has 0 fully saturated rings. The normalized spacial score (nSPS) is 10.7. The van der Waals surface area contributed by atoms with Crippen LogP contribution in [0.3, 0.4) is 0 Å². The van der Waals surface area contributed by atoms with E-state index in [-0.39, 0.29) is 18.9 Å². The van der Waals surface area contributed by atoms with Crippen LogP contribution in [-0.4, -0.2) is 30.8 Å². The summed E-state index contributed by atoms with van der Waals surface area (Å²) < 4.78 is 5.88. The van der Waals surface area contributed by atoms with Gasteiger partial charge in [-0.1, -0.05) is 47.5 Å². The van der Waals surface area contributed by atoms with Gasteiger partial charge in [-0.25, -0.2) is 0 Å². The molecule has 0 bridgehead atoms. The van der Waals surface area contributed by atoms with Gasteiger partial charge in [-0.3, -0.25) is 14.4 Å². The standard InChI is InChI=1S/C21H18ClNO4S/c1-12-7-8-13(2)15(9-12)16(24)11-27-18(25)10-23-21(26)20-19(22)14-5-3-4-6-17(14)28-20/h3-9H,10-11H2,1-2H3,(H,23,26). The predicted octanol–water partition coefficient (Wildman–Crippen LogP) is 4.33. The minimum absolute atomic E-state index is 0.284. The molecule has 1 heterocycles. The first-order valence-corrected chi connectivity index (χ1v) is 9.77. The molecule has 1 aromatic heterocycles. The number of benzene rings is 2. The van der Waals surface area contributed by atoms with Gasteiger partial charge in [0.2, 0.25) is 5.78 Å². The van der Waals surface area contributed by atoms with E-state index in [2.05, 4.69) is 5.32 Å². The van der Waals surface area contributed by atoms with Crippen molar-refractivity contribution in [2.75, 3.05) is 13.2 Å². The SMILES string of the molecule is Cc1ccc(C)c(C(=O)COC(=O)CNC(=O)c2sc3ccccc3c2Cl)c1. The maximum atomic E-state index is 12.3. The lowest BCUT2D eigenvalue weighted by Crippen LogP contribution is -2.31. The number of esters is 1. The van der Waals surface area contributed by atoms with Gasteiger partial charge in [-0.2, -0.15) is 0 Å². The minimum atomic E-state index is -0.691. The van der Waals surface area contributed by atoms with Gasteiger partial charge in [0.15, 0.2) is 6.61 Å².